The summed E-state index contributed by atoms with van der Waals surface area (Å²) in [5.41, 5.74) is 0. The van der Waals surface area contributed by atoms with E-state index >= 15 is 0 Å². The molecule has 0 aromatic heterocycles. The van der Waals surface area contributed by atoms with Crippen LogP contribution in [0.5, 0.6) is 0 Å². The highest BCUT2D eigenvalue weighted by Gasteiger charge is 2.12. The van der Waals surface area contributed by atoms with Gasteiger partial charge in [-0.2, -0.15) is 0 Å². The minimum absolute atomic E-state index is 0.981. The normalized spacial score (nSPS) is 12.1. The summed E-state index contributed by atoms with van der Waals surface area (Å²) in [7, 11) is 0. The molecular weight excluding hydrogens is 238 g/mol. The topological polar surface area (TPSA) is 4.93 Å². The van der Waals surface area contributed by atoms with Gasteiger partial charge in [0, 0.05) is 17.3 Å². The molecule has 0 radical (unpaired) electrons. The lowest BCUT2D eigenvalue weighted by Crippen LogP contribution is -2.11. The Hall–Kier alpha value is -1.80. The molecule has 0 saturated heterocycles. The molecule has 0 saturated carbocycles. The van der Waals surface area contributed by atoms with Gasteiger partial charge in [0.2, 0.25) is 0 Å². The summed E-state index contributed by atoms with van der Waals surface area (Å²) in [6.45, 7) is 7.34. The monoisotopic (exact) mass is 251 g/mol. The van der Waals surface area contributed by atoms with E-state index in [9.17, 15) is 0 Å². The highest BCUT2D eigenvalue weighted by atomic mass is 32.1. The number of nitrogens with zero attached hydrogens (tertiary/aromatic N) is 1. The molecule has 1 nitrogen and oxygen atoms in total. The van der Waals surface area contributed by atoms with Crippen molar-refractivity contribution in [1.29, 1.82) is 0 Å². The van der Waals surface area contributed by atoms with Crippen LogP contribution in [0.1, 0.15) is 6.92 Å². The lowest BCUT2D eigenvalue weighted by molar-refractivity contribution is 0.737. The van der Waals surface area contributed by atoms with Gasteiger partial charge in [-0.25, -0.2) is 0 Å². The molecule has 0 spiro atoms. The maximum Gasteiger partial charge on any atom is 0.0887 e. The molecule has 2 aromatic rings. The van der Waals surface area contributed by atoms with Crippen LogP contribution >= 0.6 is 11.3 Å². The Kier molecular flexibility index (Phi) is 1.90. The van der Waals surface area contributed by atoms with E-state index < -0.39 is 0 Å². The van der Waals surface area contributed by atoms with Crippen LogP contribution in [0.25, 0.3) is 28.1 Å². The molecule has 0 amide bonds. The van der Waals surface area contributed by atoms with Crippen molar-refractivity contribution in [2.45, 2.75) is 13.5 Å². The maximum absolute atomic E-state index is 4.17. The number of hydrogen-bond donors (Lipinski definition) is 0. The summed E-state index contributed by atoms with van der Waals surface area (Å²) < 4.78 is 4.86. The predicted octanol–water partition coefficient (Wildman–Crippen LogP) is 3.73. The Morgan fingerprint density at radius 3 is 2.56 bits per heavy atom. The van der Waals surface area contributed by atoms with E-state index in [0.717, 1.165) is 11.2 Å². The van der Waals surface area contributed by atoms with Gasteiger partial charge in [-0.3, -0.25) is 0 Å². The van der Waals surface area contributed by atoms with E-state index in [4.69, 9.17) is 0 Å². The van der Waals surface area contributed by atoms with E-state index in [2.05, 4.69) is 54.5 Å². The van der Waals surface area contributed by atoms with Crippen molar-refractivity contribution in [3.05, 3.63) is 50.9 Å². The van der Waals surface area contributed by atoms with Crippen molar-refractivity contribution >= 4 is 39.5 Å². The molecule has 4 rings (SSSR count). The summed E-state index contributed by atoms with van der Waals surface area (Å²) in [6, 6.07) is 13.1. The van der Waals surface area contributed by atoms with Gasteiger partial charge in [0.1, 0.15) is 0 Å². The molecule has 0 fully saturated rings. The number of fused-ring (bicyclic) bond motifs is 2. The Labute approximate surface area is 109 Å². The summed E-state index contributed by atoms with van der Waals surface area (Å²) in [5.74, 6) is 0. The molecule has 1 aliphatic heterocycles. The number of hydrogen-bond acceptors (Lipinski definition) is 1. The molecule has 1 heterocycles. The van der Waals surface area contributed by atoms with Crippen molar-refractivity contribution < 1.29 is 0 Å². The van der Waals surface area contributed by atoms with Crippen molar-refractivity contribution in [3.8, 4) is 0 Å². The largest absolute Gasteiger partial charge is 0.332 e. The van der Waals surface area contributed by atoms with Gasteiger partial charge >= 0.3 is 0 Å². The first kappa shape index (κ1) is 10.2. The van der Waals surface area contributed by atoms with Crippen LogP contribution in [0.4, 0.5) is 0 Å². The Balaban J connectivity index is 2.49. The third kappa shape index (κ3) is 1.06. The van der Waals surface area contributed by atoms with Gasteiger partial charge in [-0.05, 0) is 17.7 Å². The van der Waals surface area contributed by atoms with E-state index in [-0.39, 0.29) is 0 Å². The van der Waals surface area contributed by atoms with E-state index in [1.165, 1.54) is 31.4 Å². The van der Waals surface area contributed by atoms with E-state index in [1.54, 1.807) is 0 Å². The number of rotatable bonds is 1. The Morgan fingerprint density at radius 1 is 1.11 bits per heavy atom. The standard InChI is InChI=1S/C16H13NS/c1-3-17-10(2)18-16-13-9-5-7-11-6-4-8-12(14(11)13)15(16)17/h4-9H,2-3H2,1H3. The first-order valence-electron chi connectivity index (χ1n) is 6.22. The second kappa shape index (κ2) is 3.36. The molecule has 2 aliphatic rings. The zero-order valence-electron chi connectivity index (χ0n) is 10.2. The molecule has 0 atom stereocenters. The average molecular weight is 251 g/mol. The summed E-state index contributed by atoms with van der Waals surface area (Å²) >= 11 is 1.81. The third-order valence-corrected chi connectivity index (χ3v) is 4.80. The van der Waals surface area contributed by atoms with Gasteiger partial charge in [0.25, 0.3) is 0 Å². The quantitative estimate of drug-likeness (QED) is 0.486. The third-order valence-electron chi connectivity index (χ3n) is 3.73. The lowest BCUT2D eigenvalue weighted by Gasteiger charge is -2.01. The van der Waals surface area contributed by atoms with Crippen molar-refractivity contribution in [1.82, 2.24) is 4.57 Å². The SMILES string of the molecule is C=c1sc2c3cccc4cccc(c=2n1CC)c43. The van der Waals surface area contributed by atoms with Crippen LogP contribution in [-0.4, -0.2) is 4.57 Å². The summed E-state index contributed by atoms with van der Waals surface area (Å²) in [6.07, 6.45) is 0. The van der Waals surface area contributed by atoms with Crippen molar-refractivity contribution in [2.75, 3.05) is 0 Å². The van der Waals surface area contributed by atoms with E-state index in [0.29, 0.717) is 0 Å². The minimum atomic E-state index is 0.981. The van der Waals surface area contributed by atoms with Crippen LogP contribution in [0.2, 0.25) is 0 Å². The van der Waals surface area contributed by atoms with Crippen LogP contribution in [0, 0.1) is 9.88 Å². The zero-order chi connectivity index (χ0) is 12.3. The molecule has 18 heavy (non-hydrogen) atoms. The molecular formula is C16H13NS. The van der Waals surface area contributed by atoms with Gasteiger partial charge < -0.3 is 4.57 Å². The second-order valence-electron chi connectivity index (χ2n) is 4.63. The first-order valence-corrected chi connectivity index (χ1v) is 7.04. The van der Waals surface area contributed by atoms with Gasteiger partial charge in [-0.1, -0.05) is 43.0 Å². The minimum Gasteiger partial charge on any atom is -0.332 e. The van der Waals surface area contributed by atoms with E-state index in [1.807, 2.05) is 11.3 Å². The van der Waals surface area contributed by atoms with Gasteiger partial charge in [-0.15, -0.1) is 11.3 Å². The van der Waals surface area contributed by atoms with Gasteiger partial charge in [0.15, 0.2) is 0 Å². The molecule has 2 aromatic carbocycles. The van der Waals surface area contributed by atoms with Crippen molar-refractivity contribution in [3.63, 3.8) is 0 Å². The van der Waals surface area contributed by atoms with Crippen molar-refractivity contribution in [2.24, 2.45) is 0 Å². The molecule has 1 aliphatic carbocycles. The molecule has 88 valence electrons. The highest BCUT2D eigenvalue weighted by molar-refractivity contribution is 7.08. The fraction of sp³-hybridized carbons (Fsp3) is 0.125. The van der Waals surface area contributed by atoms with Gasteiger partial charge in [0.05, 0.1) is 14.5 Å². The van der Waals surface area contributed by atoms with Crippen LogP contribution in [-0.2, 0) is 6.54 Å². The molecule has 0 N–H and O–H groups in total. The molecule has 0 unspecified atom stereocenters. The first-order chi connectivity index (χ1) is 8.81. The van der Waals surface area contributed by atoms with Crippen LogP contribution in [0.15, 0.2) is 36.4 Å². The Bertz CT molecular complexity index is 969. The number of aromatic nitrogens is 1. The Morgan fingerprint density at radius 2 is 1.83 bits per heavy atom. The number of benzene rings is 2. The maximum atomic E-state index is 4.17. The lowest BCUT2D eigenvalue weighted by atomic mass is 10.1. The van der Waals surface area contributed by atoms with Crippen LogP contribution < -0.4 is 4.66 Å². The highest BCUT2D eigenvalue weighted by Crippen LogP contribution is 2.32. The fourth-order valence-corrected chi connectivity index (χ4v) is 4.14. The average Bonchev–Trinajstić information content (AvgIpc) is 2.87. The fourth-order valence-electron chi connectivity index (χ4n) is 2.98. The zero-order valence-corrected chi connectivity index (χ0v) is 11.1. The van der Waals surface area contributed by atoms with Crippen LogP contribution in [0.3, 0.4) is 0 Å². The summed E-state index contributed by atoms with van der Waals surface area (Å²) in [5, 5.41) is 6.84. The molecule has 2 heteroatoms. The summed E-state index contributed by atoms with van der Waals surface area (Å²) in [4.78, 5) is 0. The smallest absolute Gasteiger partial charge is 0.0887 e. The molecule has 0 bridgehead atoms. The second-order valence-corrected chi connectivity index (χ2v) is 5.71. The predicted molar refractivity (Wildman–Crippen MR) is 79.0 cm³/mol.